The molecule has 0 unspecified atom stereocenters. The molecule has 0 aromatic carbocycles. The number of aromatic nitrogens is 2. The van der Waals surface area contributed by atoms with Crippen LogP contribution in [0, 0.1) is 0 Å². The highest BCUT2D eigenvalue weighted by Crippen LogP contribution is 2.31. The molecule has 0 aliphatic heterocycles. The summed E-state index contributed by atoms with van der Waals surface area (Å²) >= 11 is 1.44. The van der Waals surface area contributed by atoms with Gasteiger partial charge in [-0.15, -0.1) is 0 Å². The van der Waals surface area contributed by atoms with Gasteiger partial charge in [-0.2, -0.15) is 4.98 Å². The number of aliphatic hydroxyl groups excluding tert-OH is 1. The predicted molar refractivity (Wildman–Crippen MR) is 91.8 cm³/mol. The number of hydrogen-bond donors (Lipinski definition) is 1. The zero-order valence-electron chi connectivity index (χ0n) is 14.0. The van der Waals surface area contributed by atoms with Crippen LogP contribution in [0.25, 0.3) is 0 Å². The molecule has 1 aliphatic rings. The Labute approximate surface area is 149 Å². The molecular formula is C17H20N2O5S. The number of hydrogen-bond acceptors (Lipinski definition) is 7. The van der Waals surface area contributed by atoms with E-state index in [1.54, 1.807) is 16.7 Å². The minimum Gasteiger partial charge on any atom is -0.463 e. The van der Waals surface area contributed by atoms with Crippen LogP contribution in [0.4, 0.5) is 0 Å². The number of furan rings is 1. The Morgan fingerprint density at radius 1 is 1.44 bits per heavy atom. The van der Waals surface area contributed by atoms with Crippen molar-refractivity contribution in [1.29, 1.82) is 0 Å². The third kappa shape index (κ3) is 3.80. The van der Waals surface area contributed by atoms with E-state index < -0.39 is 5.97 Å². The summed E-state index contributed by atoms with van der Waals surface area (Å²) in [5, 5.41) is 9.74. The van der Waals surface area contributed by atoms with Crippen LogP contribution in [0.3, 0.4) is 0 Å². The van der Waals surface area contributed by atoms with Crippen LogP contribution in [0.2, 0.25) is 0 Å². The molecule has 0 fully saturated rings. The van der Waals surface area contributed by atoms with Crippen molar-refractivity contribution in [2.24, 2.45) is 0 Å². The van der Waals surface area contributed by atoms with Crippen molar-refractivity contribution >= 4 is 17.7 Å². The lowest BCUT2D eigenvalue weighted by Gasteiger charge is -2.13. The minimum atomic E-state index is -0.512. The van der Waals surface area contributed by atoms with E-state index in [9.17, 15) is 9.59 Å². The molecule has 0 bridgehead atoms. The van der Waals surface area contributed by atoms with Gasteiger partial charge in [0.1, 0.15) is 10.8 Å². The molecule has 7 nitrogen and oxygen atoms in total. The largest absolute Gasteiger partial charge is 0.463 e. The van der Waals surface area contributed by atoms with Crippen LogP contribution in [0.15, 0.2) is 26.4 Å². The minimum absolute atomic E-state index is 0.0543. The molecule has 0 amide bonds. The first-order valence-electron chi connectivity index (χ1n) is 8.17. The third-order valence-electron chi connectivity index (χ3n) is 4.14. The molecule has 134 valence electrons. The topological polar surface area (TPSA) is 94.6 Å². The zero-order chi connectivity index (χ0) is 17.8. The van der Waals surface area contributed by atoms with Gasteiger partial charge in [-0.3, -0.25) is 4.57 Å². The second-order valence-corrected chi connectivity index (χ2v) is 6.72. The van der Waals surface area contributed by atoms with E-state index in [2.05, 4.69) is 9.72 Å². The number of fused-ring (bicyclic) bond motifs is 1. The van der Waals surface area contributed by atoms with Crippen LogP contribution in [-0.4, -0.2) is 34.3 Å². The highest BCUT2D eigenvalue weighted by atomic mass is 32.2. The fourth-order valence-corrected chi connectivity index (χ4v) is 3.94. The fourth-order valence-electron chi connectivity index (χ4n) is 2.97. The molecule has 1 N–H and O–H groups in total. The van der Waals surface area contributed by atoms with E-state index in [1.807, 2.05) is 0 Å². The van der Waals surface area contributed by atoms with Crippen LogP contribution in [-0.2, 0) is 29.9 Å². The van der Waals surface area contributed by atoms with E-state index in [4.69, 9.17) is 9.52 Å². The molecular weight excluding hydrogens is 344 g/mol. The number of nitrogens with zero attached hydrogens (tertiary/aromatic N) is 2. The van der Waals surface area contributed by atoms with Crippen molar-refractivity contribution < 1.29 is 19.1 Å². The lowest BCUT2D eigenvalue weighted by Crippen LogP contribution is -2.27. The summed E-state index contributed by atoms with van der Waals surface area (Å²) in [7, 11) is 1.30. The Morgan fingerprint density at radius 3 is 3.04 bits per heavy atom. The van der Waals surface area contributed by atoms with E-state index in [0.717, 1.165) is 35.5 Å². The molecule has 25 heavy (non-hydrogen) atoms. The number of carbonyl (C=O) groups is 1. The van der Waals surface area contributed by atoms with Crippen molar-refractivity contribution in [3.05, 3.63) is 45.4 Å². The number of esters is 1. The fraction of sp³-hybridized carbons (Fsp3) is 0.471. The summed E-state index contributed by atoms with van der Waals surface area (Å²) in [6, 6.07) is 3.30. The maximum Gasteiger partial charge on any atom is 0.373 e. The van der Waals surface area contributed by atoms with E-state index in [-0.39, 0.29) is 18.1 Å². The van der Waals surface area contributed by atoms with Crippen molar-refractivity contribution in [1.82, 2.24) is 9.55 Å². The maximum absolute atomic E-state index is 12.3. The molecule has 0 saturated carbocycles. The summed E-state index contributed by atoms with van der Waals surface area (Å²) in [4.78, 5) is 28.0. The quantitative estimate of drug-likeness (QED) is 0.455. The van der Waals surface area contributed by atoms with Crippen LogP contribution >= 0.6 is 11.8 Å². The Hall–Kier alpha value is -2.06. The SMILES string of the molecule is COC(=O)c1ccc(CSc2nc(=O)n(CCCO)c3c2CCC3)o1. The maximum atomic E-state index is 12.3. The molecule has 2 heterocycles. The highest BCUT2D eigenvalue weighted by Gasteiger charge is 2.22. The zero-order valence-corrected chi connectivity index (χ0v) is 14.8. The Bertz CT molecular complexity index is 827. The van der Waals surface area contributed by atoms with E-state index in [0.29, 0.717) is 24.5 Å². The van der Waals surface area contributed by atoms with Gasteiger partial charge >= 0.3 is 11.7 Å². The summed E-state index contributed by atoms with van der Waals surface area (Å²) in [6.07, 6.45) is 3.30. The number of carbonyl (C=O) groups excluding carboxylic acids is 1. The second kappa shape index (κ2) is 7.88. The molecule has 2 aromatic rings. The molecule has 0 radical (unpaired) electrons. The van der Waals surface area contributed by atoms with E-state index >= 15 is 0 Å². The van der Waals surface area contributed by atoms with Gasteiger partial charge in [0.05, 0.1) is 12.9 Å². The number of thioether (sulfide) groups is 1. The summed E-state index contributed by atoms with van der Waals surface area (Å²) in [6.45, 7) is 0.551. The van der Waals surface area contributed by atoms with E-state index in [1.165, 1.54) is 18.9 Å². The van der Waals surface area contributed by atoms with Crippen molar-refractivity contribution in [2.45, 2.75) is 43.0 Å². The van der Waals surface area contributed by atoms with Gasteiger partial charge in [0.2, 0.25) is 5.76 Å². The van der Waals surface area contributed by atoms with Gasteiger partial charge in [-0.25, -0.2) is 9.59 Å². The molecule has 2 aromatic heterocycles. The number of rotatable bonds is 7. The van der Waals surface area contributed by atoms with Crippen molar-refractivity contribution in [2.75, 3.05) is 13.7 Å². The van der Waals surface area contributed by atoms with Gasteiger partial charge < -0.3 is 14.3 Å². The highest BCUT2D eigenvalue weighted by molar-refractivity contribution is 7.98. The Kier molecular flexibility index (Phi) is 5.60. The number of methoxy groups -OCH3 is 1. The normalized spacial score (nSPS) is 13.0. The van der Waals surface area contributed by atoms with Gasteiger partial charge in [0, 0.05) is 24.4 Å². The lowest BCUT2D eigenvalue weighted by atomic mass is 10.2. The van der Waals surface area contributed by atoms with Gasteiger partial charge in [0.25, 0.3) is 0 Å². The molecule has 8 heteroatoms. The van der Waals surface area contributed by atoms with Gasteiger partial charge in [0.15, 0.2) is 0 Å². The van der Waals surface area contributed by atoms with Crippen LogP contribution < -0.4 is 5.69 Å². The third-order valence-corrected chi connectivity index (χ3v) is 5.18. The first kappa shape index (κ1) is 17.8. The molecule has 1 aliphatic carbocycles. The van der Waals surface area contributed by atoms with Crippen molar-refractivity contribution in [3.8, 4) is 0 Å². The standard InChI is InChI=1S/C17H20N2O5S/c1-23-16(21)14-7-6-11(24-14)10-25-15-12-4-2-5-13(12)19(8-3-9-20)17(22)18-15/h6-7,20H,2-5,8-10H2,1H3. The monoisotopic (exact) mass is 364 g/mol. The van der Waals surface area contributed by atoms with Crippen LogP contribution in [0.1, 0.15) is 40.4 Å². The smallest absolute Gasteiger partial charge is 0.373 e. The summed E-state index contributed by atoms with van der Waals surface area (Å²) in [5.41, 5.74) is 1.87. The van der Waals surface area contributed by atoms with Crippen LogP contribution in [0.5, 0.6) is 0 Å². The van der Waals surface area contributed by atoms with Gasteiger partial charge in [-0.1, -0.05) is 11.8 Å². The summed E-state index contributed by atoms with van der Waals surface area (Å²) in [5.74, 6) is 0.761. The predicted octanol–water partition coefficient (Wildman–Crippen LogP) is 1.79. The number of ether oxygens (including phenoxy) is 1. The first-order chi connectivity index (χ1) is 12.1. The molecule has 0 saturated heterocycles. The average Bonchev–Trinajstić information content (AvgIpc) is 3.28. The molecule has 0 atom stereocenters. The first-order valence-corrected chi connectivity index (χ1v) is 9.16. The Morgan fingerprint density at radius 2 is 2.28 bits per heavy atom. The number of aliphatic hydroxyl groups is 1. The van der Waals surface area contributed by atoms with Gasteiger partial charge in [-0.05, 0) is 37.8 Å². The summed E-state index contributed by atoms with van der Waals surface area (Å²) < 4.78 is 11.8. The second-order valence-electron chi connectivity index (χ2n) is 5.75. The molecule has 3 rings (SSSR count). The average molecular weight is 364 g/mol. The Balaban J connectivity index is 1.78. The van der Waals surface area contributed by atoms with Crippen molar-refractivity contribution in [3.63, 3.8) is 0 Å². The molecule has 0 spiro atoms. The lowest BCUT2D eigenvalue weighted by molar-refractivity contribution is 0.0563.